The highest BCUT2D eigenvalue weighted by Gasteiger charge is 2.30. The number of sulfonamides is 1. The van der Waals surface area contributed by atoms with Gasteiger partial charge in [0.15, 0.2) is 0 Å². The third-order valence-electron chi connectivity index (χ3n) is 3.77. The number of carbonyl (C=O) groups is 1. The predicted octanol–water partition coefficient (Wildman–Crippen LogP) is 4.06. The molecule has 1 aliphatic rings. The molecule has 3 rings (SSSR count). The van der Waals surface area contributed by atoms with Gasteiger partial charge < -0.3 is 5.32 Å². The zero-order chi connectivity index (χ0) is 19.1. The van der Waals surface area contributed by atoms with Gasteiger partial charge in [-0.25, -0.2) is 17.2 Å². The fourth-order valence-electron chi connectivity index (χ4n) is 2.64. The van der Waals surface area contributed by atoms with E-state index in [1.807, 2.05) is 0 Å². The highest BCUT2D eigenvalue weighted by molar-refractivity contribution is 7.93. The molecule has 1 saturated heterocycles. The molecular weight excluding hydrogens is 409 g/mol. The maximum Gasteiger partial charge on any atom is 0.257 e. The molecule has 0 unspecified atom stereocenters. The minimum atomic E-state index is -3.48. The van der Waals surface area contributed by atoms with Gasteiger partial charge in [0.1, 0.15) is 11.6 Å². The van der Waals surface area contributed by atoms with Gasteiger partial charge in [-0.05, 0) is 30.7 Å². The van der Waals surface area contributed by atoms with Crippen molar-refractivity contribution in [1.29, 1.82) is 0 Å². The molecule has 0 aliphatic carbocycles. The molecular formula is C16H12Cl2F2N2O3S. The quantitative estimate of drug-likeness (QED) is 0.813. The molecule has 1 N–H and O–H groups in total. The highest BCUT2D eigenvalue weighted by atomic mass is 35.5. The average molecular weight is 421 g/mol. The van der Waals surface area contributed by atoms with Crippen LogP contribution in [-0.4, -0.2) is 26.6 Å². The normalized spacial score (nSPS) is 15.9. The number of carbonyl (C=O) groups excluding carboxylic acids is 1. The van der Waals surface area contributed by atoms with Crippen LogP contribution in [-0.2, 0) is 10.0 Å². The summed E-state index contributed by atoms with van der Waals surface area (Å²) in [6.07, 6.45) is 0.451. The van der Waals surface area contributed by atoms with Crippen LogP contribution in [0.3, 0.4) is 0 Å². The molecule has 2 aromatic rings. The summed E-state index contributed by atoms with van der Waals surface area (Å²) in [5.74, 6) is -2.50. The van der Waals surface area contributed by atoms with Crippen LogP contribution in [0.4, 0.5) is 20.2 Å². The summed E-state index contributed by atoms with van der Waals surface area (Å²) in [6.45, 7) is 0.260. The fraction of sp³-hybridized carbons (Fsp3) is 0.188. The van der Waals surface area contributed by atoms with E-state index in [0.29, 0.717) is 12.5 Å². The van der Waals surface area contributed by atoms with E-state index in [2.05, 4.69) is 5.32 Å². The van der Waals surface area contributed by atoms with E-state index in [1.165, 1.54) is 12.1 Å². The molecule has 0 bridgehead atoms. The van der Waals surface area contributed by atoms with Crippen LogP contribution >= 0.6 is 23.2 Å². The summed E-state index contributed by atoms with van der Waals surface area (Å²) in [7, 11) is -3.48. The first-order chi connectivity index (χ1) is 12.2. The second-order valence-electron chi connectivity index (χ2n) is 5.64. The molecule has 2 aromatic carbocycles. The zero-order valence-corrected chi connectivity index (χ0v) is 15.4. The molecule has 10 heteroatoms. The topological polar surface area (TPSA) is 66.5 Å². The Labute approximate surface area is 158 Å². The van der Waals surface area contributed by atoms with Crippen molar-refractivity contribution < 1.29 is 22.0 Å². The standard InChI is InChI=1S/C16H12Cl2F2N2O3S/c17-14-8-12(22-2-1-3-26(22,24)25)7-13(15(14)18)16(23)21-11-5-9(19)4-10(20)6-11/h4-8H,1-3H2,(H,21,23). The molecule has 1 aliphatic heterocycles. The summed E-state index contributed by atoms with van der Waals surface area (Å²) < 4.78 is 51.8. The fourth-order valence-corrected chi connectivity index (χ4v) is 4.59. The van der Waals surface area contributed by atoms with Gasteiger partial charge in [-0.3, -0.25) is 9.10 Å². The molecule has 0 atom stereocenters. The number of nitrogens with zero attached hydrogens (tertiary/aromatic N) is 1. The molecule has 138 valence electrons. The van der Waals surface area contributed by atoms with E-state index in [1.54, 1.807) is 0 Å². The number of amides is 1. The molecule has 0 spiro atoms. The first-order valence-corrected chi connectivity index (χ1v) is 9.81. The van der Waals surface area contributed by atoms with Crippen molar-refractivity contribution in [3.05, 3.63) is 57.6 Å². The summed E-state index contributed by atoms with van der Waals surface area (Å²) in [5.41, 5.74) is -0.0210. The lowest BCUT2D eigenvalue weighted by molar-refractivity contribution is 0.102. The van der Waals surface area contributed by atoms with E-state index >= 15 is 0 Å². The Morgan fingerprint density at radius 2 is 1.73 bits per heavy atom. The summed E-state index contributed by atoms with van der Waals surface area (Å²) >= 11 is 12.1. The summed E-state index contributed by atoms with van der Waals surface area (Å²) in [4.78, 5) is 12.5. The molecule has 5 nitrogen and oxygen atoms in total. The van der Waals surface area contributed by atoms with Crippen molar-refractivity contribution in [3.8, 4) is 0 Å². The monoisotopic (exact) mass is 420 g/mol. The summed E-state index contributed by atoms with van der Waals surface area (Å²) in [6, 6.07) is 5.17. The number of hydrogen-bond acceptors (Lipinski definition) is 3. The van der Waals surface area contributed by atoms with Crippen molar-refractivity contribution in [2.45, 2.75) is 6.42 Å². The predicted molar refractivity (Wildman–Crippen MR) is 96.5 cm³/mol. The van der Waals surface area contributed by atoms with Gasteiger partial charge >= 0.3 is 0 Å². The molecule has 0 saturated carbocycles. The van der Waals surface area contributed by atoms with Crippen LogP contribution in [0.25, 0.3) is 0 Å². The first kappa shape index (κ1) is 18.9. The van der Waals surface area contributed by atoms with Crippen molar-refractivity contribution in [2.75, 3.05) is 21.9 Å². The Kier molecular flexibility index (Phi) is 5.09. The molecule has 0 radical (unpaired) electrons. The maximum atomic E-state index is 13.3. The maximum absolute atomic E-state index is 13.3. The van der Waals surface area contributed by atoms with Crippen LogP contribution in [0.2, 0.25) is 10.0 Å². The van der Waals surface area contributed by atoms with E-state index in [0.717, 1.165) is 16.4 Å². The van der Waals surface area contributed by atoms with Gasteiger partial charge in [-0.1, -0.05) is 23.2 Å². The van der Waals surface area contributed by atoms with Crippen molar-refractivity contribution >= 4 is 50.5 Å². The van der Waals surface area contributed by atoms with E-state index in [9.17, 15) is 22.0 Å². The second-order valence-corrected chi connectivity index (χ2v) is 8.44. The Morgan fingerprint density at radius 3 is 2.31 bits per heavy atom. The molecule has 1 heterocycles. The first-order valence-electron chi connectivity index (χ1n) is 7.44. The highest BCUT2D eigenvalue weighted by Crippen LogP contribution is 2.34. The zero-order valence-electron chi connectivity index (χ0n) is 13.1. The lowest BCUT2D eigenvalue weighted by Crippen LogP contribution is -2.25. The molecule has 0 aromatic heterocycles. The SMILES string of the molecule is O=C(Nc1cc(F)cc(F)c1)c1cc(N2CCCS2(=O)=O)cc(Cl)c1Cl. The van der Waals surface area contributed by atoms with Crippen LogP contribution in [0, 0.1) is 11.6 Å². The Hall–Kier alpha value is -1.90. The molecule has 1 fully saturated rings. The van der Waals surface area contributed by atoms with Crippen LogP contribution in [0.15, 0.2) is 30.3 Å². The Bertz CT molecular complexity index is 979. The molecule has 1 amide bonds. The third kappa shape index (κ3) is 3.77. The van der Waals surface area contributed by atoms with E-state index < -0.39 is 27.6 Å². The number of rotatable bonds is 3. The van der Waals surface area contributed by atoms with Gasteiger partial charge in [0.05, 0.1) is 27.0 Å². The van der Waals surface area contributed by atoms with Gasteiger partial charge in [0.25, 0.3) is 5.91 Å². The van der Waals surface area contributed by atoms with Gasteiger partial charge in [-0.15, -0.1) is 0 Å². The minimum Gasteiger partial charge on any atom is -0.322 e. The Morgan fingerprint density at radius 1 is 1.08 bits per heavy atom. The third-order valence-corrected chi connectivity index (χ3v) is 6.44. The lowest BCUT2D eigenvalue weighted by Gasteiger charge is -2.19. The van der Waals surface area contributed by atoms with Crippen molar-refractivity contribution in [2.24, 2.45) is 0 Å². The number of hydrogen-bond donors (Lipinski definition) is 1. The smallest absolute Gasteiger partial charge is 0.257 e. The largest absolute Gasteiger partial charge is 0.322 e. The lowest BCUT2D eigenvalue weighted by atomic mass is 10.1. The number of benzene rings is 2. The minimum absolute atomic E-state index is 0.00263. The molecule has 26 heavy (non-hydrogen) atoms. The number of nitrogens with one attached hydrogen (secondary N) is 1. The van der Waals surface area contributed by atoms with Gasteiger partial charge in [0, 0.05) is 18.3 Å². The summed E-state index contributed by atoms with van der Waals surface area (Å²) in [5, 5.41) is 2.21. The van der Waals surface area contributed by atoms with E-state index in [4.69, 9.17) is 23.2 Å². The van der Waals surface area contributed by atoms with Crippen LogP contribution in [0.1, 0.15) is 16.8 Å². The van der Waals surface area contributed by atoms with Gasteiger partial charge in [-0.2, -0.15) is 0 Å². The average Bonchev–Trinajstić information content (AvgIpc) is 2.88. The second kappa shape index (κ2) is 7.02. The van der Waals surface area contributed by atoms with Crippen LogP contribution in [0.5, 0.6) is 0 Å². The van der Waals surface area contributed by atoms with Gasteiger partial charge in [0.2, 0.25) is 10.0 Å². The van der Waals surface area contributed by atoms with Crippen LogP contribution < -0.4 is 9.62 Å². The number of halogens is 4. The van der Waals surface area contributed by atoms with Crippen molar-refractivity contribution in [1.82, 2.24) is 0 Å². The van der Waals surface area contributed by atoms with Crippen molar-refractivity contribution in [3.63, 3.8) is 0 Å². The number of anilines is 2. The van der Waals surface area contributed by atoms with E-state index in [-0.39, 0.29) is 39.3 Å². The Balaban J connectivity index is 1.97.